The van der Waals surface area contributed by atoms with Gasteiger partial charge in [0.2, 0.25) is 0 Å². The van der Waals surface area contributed by atoms with Crippen molar-refractivity contribution in [2.75, 3.05) is 19.0 Å². The number of aryl methyl sites for hydroxylation is 1. The second-order valence-electron chi connectivity index (χ2n) is 3.74. The van der Waals surface area contributed by atoms with E-state index in [1.807, 2.05) is 18.2 Å². The average Bonchev–Trinajstić information content (AvgIpc) is 2.30. The lowest BCUT2D eigenvalue weighted by Crippen LogP contribution is -2.01. The van der Waals surface area contributed by atoms with Gasteiger partial charge in [-0.3, -0.25) is 0 Å². The highest BCUT2D eigenvalue weighted by Crippen LogP contribution is 2.23. The standard InChI is InChI=1S/C13H16N2O/c1-4-14-13-9(2)7-10-8-11(16-3)5-6-12(10)15-13/h5-8H,4H2,1-3H3,(H,14,15). The molecular weight excluding hydrogens is 200 g/mol. The van der Waals surface area contributed by atoms with E-state index in [9.17, 15) is 0 Å². The fourth-order valence-electron chi connectivity index (χ4n) is 1.73. The van der Waals surface area contributed by atoms with Crippen molar-refractivity contribution in [3.8, 4) is 5.75 Å². The van der Waals surface area contributed by atoms with Crippen LogP contribution in [-0.2, 0) is 0 Å². The highest BCUT2D eigenvalue weighted by atomic mass is 16.5. The molecule has 0 bridgehead atoms. The number of hydrogen-bond acceptors (Lipinski definition) is 3. The topological polar surface area (TPSA) is 34.2 Å². The number of fused-ring (bicyclic) bond motifs is 1. The fraction of sp³-hybridized carbons (Fsp3) is 0.308. The second kappa shape index (κ2) is 4.39. The van der Waals surface area contributed by atoms with Crippen molar-refractivity contribution in [1.29, 1.82) is 0 Å². The van der Waals surface area contributed by atoms with Crippen molar-refractivity contribution in [3.05, 3.63) is 29.8 Å². The van der Waals surface area contributed by atoms with E-state index >= 15 is 0 Å². The van der Waals surface area contributed by atoms with E-state index in [0.717, 1.165) is 34.6 Å². The Hall–Kier alpha value is -1.77. The van der Waals surface area contributed by atoms with Crippen molar-refractivity contribution in [3.63, 3.8) is 0 Å². The van der Waals surface area contributed by atoms with Crippen LogP contribution in [0.3, 0.4) is 0 Å². The minimum absolute atomic E-state index is 0.866. The zero-order chi connectivity index (χ0) is 11.5. The minimum Gasteiger partial charge on any atom is -0.497 e. The molecule has 2 aromatic rings. The quantitative estimate of drug-likeness (QED) is 0.856. The Morgan fingerprint density at radius 3 is 2.81 bits per heavy atom. The van der Waals surface area contributed by atoms with Gasteiger partial charge in [0.05, 0.1) is 12.6 Å². The number of hydrogen-bond donors (Lipinski definition) is 1. The Labute approximate surface area is 95.5 Å². The first-order valence-electron chi connectivity index (χ1n) is 5.44. The number of aromatic nitrogens is 1. The molecule has 0 aliphatic rings. The third-order valence-electron chi connectivity index (χ3n) is 2.56. The van der Waals surface area contributed by atoms with Crippen LogP contribution in [0.2, 0.25) is 0 Å². The molecule has 16 heavy (non-hydrogen) atoms. The Morgan fingerprint density at radius 1 is 1.31 bits per heavy atom. The summed E-state index contributed by atoms with van der Waals surface area (Å²) in [5, 5.41) is 4.36. The van der Waals surface area contributed by atoms with Crippen LogP contribution in [0.5, 0.6) is 5.75 Å². The number of nitrogens with one attached hydrogen (secondary N) is 1. The highest BCUT2D eigenvalue weighted by Gasteiger charge is 2.03. The van der Waals surface area contributed by atoms with E-state index in [0.29, 0.717) is 0 Å². The van der Waals surface area contributed by atoms with Gasteiger partial charge in [-0.05, 0) is 43.7 Å². The number of nitrogens with zero attached hydrogens (tertiary/aromatic N) is 1. The number of pyridine rings is 1. The molecule has 1 aromatic heterocycles. The molecule has 84 valence electrons. The maximum absolute atomic E-state index is 5.20. The lowest BCUT2D eigenvalue weighted by molar-refractivity contribution is 0.415. The lowest BCUT2D eigenvalue weighted by atomic mass is 10.1. The van der Waals surface area contributed by atoms with Crippen molar-refractivity contribution >= 4 is 16.7 Å². The zero-order valence-corrected chi connectivity index (χ0v) is 9.87. The average molecular weight is 216 g/mol. The number of rotatable bonds is 3. The van der Waals surface area contributed by atoms with Crippen LogP contribution in [0.4, 0.5) is 5.82 Å². The summed E-state index contributed by atoms with van der Waals surface area (Å²) in [7, 11) is 1.68. The van der Waals surface area contributed by atoms with Crippen LogP contribution in [-0.4, -0.2) is 18.6 Å². The third-order valence-corrected chi connectivity index (χ3v) is 2.56. The molecule has 1 heterocycles. The van der Waals surface area contributed by atoms with E-state index in [4.69, 9.17) is 4.74 Å². The molecule has 0 saturated carbocycles. The van der Waals surface area contributed by atoms with Crippen molar-refractivity contribution < 1.29 is 4.74 Å². The van der Waals surface area contributed by atoms with Crippen LogP contribution in [0.25, 0.3) is 10.9 Å². The van der Waals surface area contributed by atoms with Gasteiger partial charge in [-0.1, -0.05) is 0 Å². The molecule has 0 aliphatic heterocycles. The predicted octanol–water partition coefficient (Wildman–Crippen LogP) is 2.98. The molecule has 0 atom stereocenters. The first-order valence-corrected chi connectivity index (χ1v) is 5.44. The first kappa shape index (κ1) is 10.7. The number of methoxy groups -OCH3 is 1. The van der Waals surface area contributed by atoms with Crippen molar-refractivity contribution in [2.24, 2.45) is 0 Å². The summed E-state index contributed by atoms with van der Waals surface area (Å²) in [5.74, 6) is 1.82. The van der Waals surface area contributed by atoms with E-state index in [1.54, 1.807) is 7.11 Å². The maximum atomic E-state index is 5.20. The fourth-order valence-corrected chi connectivity index (χ4v) is 1.73. The molecule has 0 aliphatic carbocycles. The Kier molecular flexibility index (Phi) is 2.95. The summed E-state index contributed by atoms with van der Waals surface area (Å²) in [4.78, 5) is 4.57. The van der Waals surface area contributed by atoms with E-state index in [-0.39, 0.29) is 0 Å². The van der Waals surface area contributed by atoms with Gasteiger partial charge >= 0.3 is 0 Å². The van der Waals surface area contributed by atoms with Crippen molar-refractivity contribution in [2.45, 2.75) is 13.8 Å². The van der Waals surface area contributed by atoms with Gasteiger partial charge in [0, 0.05) is 11.9 Å². The van der Waals surface area contributed by atoms with Crippen LogP contribution in [0.15, 0.2) is 24.3 Å². The number of anilines is 1. The molecular formula is C13H16N2O. The van der Waals surface area contributed by atoms with Gasteiger partial charge in [-0.25, -0.2) is 4.98 Å². The van der Waals surface area contributed by atoms with Crippen LogP contribution >= 0.6 is 0 Å². The summed E-state index contributed by atoms with van der Waals surface area (Å²) in [6.45, 7) is 5.01. The Bertz CT molecular complexity index is 509. The van der Waals surface area contributed by atoms with Gasteiger partial charge in [-0.2, -0.15) is 0 Å². The van der Waals surface area contributed by atoms with E-state index in [1.165, 1.54) is 0 Å². The molecule has 0 amide bonds. The van der Waals surface area contributed by atoms with Crippen molar-refractivity contribution in [1.82, 2.24) is 4.98 Å². The molecule has 1 aromatic carbocycles. The highest BCUT2D eigenvalue weighted by molar-refractivity contribution is 5.83. The normalized spacial score (nSPS) is 10.4. The molecule has 0 radical (unpaired) electrons. The summed E-state index contributed by atoms with van der Waals surface area (Å²) >= 11 is 0. The summed E-state index contributed by atoms with van der Waals surface area (Å²) in [5.41, 5.74) is 2.14. The summed E-state index contributed by atoms with van der Waals surface area (Å²) < 4.78 is 5.20. The molecule has 3 nitrogen and oxygen atoms in total. The Balaban J connectivity index is 2.55. The minimum atomic E-state index is 0.866. The van der Waals surface area contributed by atoms with Gasteiger partial charge in [-0.15, -0.1) is 0 Å². The molecule has 2 rings (SSSR count). The summed E-state index contributed by atoms with van der Waals surface area (Å²) in [6, 6.07) is 8.04. The molecule has 0 unspecified atom stereocenters. The maximum Gasteiger partial charge on any atom is 0.129 e. The largest absolute Gasteiger partial charge is 0.497 e. The van der Waals surface area contributed by atoms with Crippen LogP contribution in [0.1, 0.15) is 12.5 Å². The monoisotopic (exact) mass is 216 g/mol. The van der Waals surface area contributed by atoms with Gasteiger partial charge in [0.1, 0.15) is 11.6 Å². The SMILES string of the molecule is CCNc1nc2ccc(OC)cc2cc1C. The predicted molar refractivity (Wildman–Crippen MR) is 67.2 cm³/mol. The molecule has 1 N–H and O–H groups in total. The molecule has 0 spiro atoms. The molecule has 3 heteroatoms. The van der Waals surface area contributed by atoms with Gasteiger partial charge in [0.15, 0.2) is 0 Å². The Morgan fingerprint density at radius 2 is 2.12 bits per heavy atom. The van der Waals surface area contributed by atoms with Gasteiger partial charge in [0.25, 0.3) is 0 Å². The number of benzene rings is 1. The second-order valence-corrected chi connectivity index (χ2v) is 3.74. The smallest absolute Gasteiger partial charge is 0.129 e. The van der Waals surface area contributed by atoms with Gasteiger partial charge < -0.3 is 10.1 Å². The molecule has 0 fully saturated rings. The lowest BCUT2D eigenvalue weighted by Gasteiger charge is -2.09. The van der Waals surface area contributed by atoms with E-state index in [2.05, 4.69) is 30.2 Å². The molecule has 0 saturated heterocycles. The van der Waals surface area contributed by atoms with Crippen LogP contribution < -0.4 is 10.1 Å². The van der Waals surface area contributed by atoms with E-state index < -0.39 is 0 Å². The zero-order valence-electron chi connectivity index (χ0n) is 9.87. The summed E-state index contributed by atoms with van der Waals surface area (Å²) in [6.07, 6.45) is 0. The third kappa shape index (κ3) is 1.94. The number of ether oxygens (including phenoxy) is 1. The first-order chi connectivity index (χ1) is 7.74. The van der Waals surface area contributed by atoms with Crippen LogP contribution in [0, 0.1) is 6.92 Å².